The van der Waals surface area contributed by atoms with Crippen LogP contribution >= 0.6 is 0 Å². The summed E-state index contributed by atoms with van der Waals surface area (Å²) in [6, 6.07) is 0.160. The zero-order valence-corrected chi connectivity index (χ0v) is 19.9. The number of hydrogen-bond donors (Lipinski definition) is 2. The Kier molecular flexibility index (Phi) is 8.81. The lowest BCUT2D eigenvalue weighted by Gasteiger charge is -2.36. The van der Waals surface area contributed by atoms with Crippen molar-refractivity contribution in [2.75, 3.05) is 13.2 Å². The molecule has 0 atom stereocenters. The van der Waals surface area contributed by atoms with E-state index in [9.17, 15) is 9.59 Å². The average Bonchev–Trinajstić information content (AvgIpc) is 2.50. The van der Waals surface area contributed by atoms with Gasteiger partial charge < -0.3 is 24.5 Å². The second kappa shape index (κ2) is 9.96. The molecule has 0 aliphatic heterocycles. The van der Waals surface area contributed by atoms with Crippen molar-refractivity contribution in [1.82, 2.24) is 10.6 Å². The minimum Gasteiger partial charge on any atom is -0.447 e. The van der Waals surface area contributed by atoms with E-state index in [2.05, 4.69) is 44.5 Å². The molecule has 0 radical (unpaired) electrons. The molecule has 0 spiro atoms. The first-order chi connectivity index (χ1) is 12.7. The van der Waals surface area contributed by atoms with Gasteiger partial charge in [-0.1, -0.05) is 20.8 Å². The molecule has 1 aliphatic carbocycles. The van der Waals surface area contributed by atoms with Gasteiger partial charge in [-0.3, -0.25) is 0 Å². The summed E-state index contributed by atoms with van der Waals surface area (Å²) in [4.78, 5) is 23.8. The standard InChI is InChI=1S/C20H40N2O5Si/c1-19(2,3)27-18(24)22-16-11-9-15(10-12-16)21-17(23)25-13-14-26-28(7,8)20(4,5)6/h15-16H,9-14H2,1-8H3,(H,21,23)(H,22,24). The Labute approximate surface area is 171 Å². The number of carbonyl (C=O) groups is 2. The minimum absolute atomic E-state index is 0.0745. The number of hydrogen-bond acceptors (Lipinski definition) is 5. The largest absolute Gasteiger partial charge is 0.447 e. The van der Waals surface area contributed by atoms with E-state index >= 15 is 0 Å². The summed E-state index contributed by atoms with van der Waals surface area (Å²) in [5, 5.41) is 5.95. The second-order valence-electron chi connectivity index (χ2n) is 10.1. The van der Waals surface area contributed by atoms with Crippen molar-refractivity contribution in [3.05, 3.63) is 0 Å². The van der Waals surface area contributed by atoms with Crippen LogP contribution in [0.5, 0.6) is 0 Å². The van der Waals surface area contributed by atoms with Gasteiger partial charge in [-0.2, -0.15) is 0 Å². The third-order valence-electron chi connectivity index (χ3n) is 5.36. The number of nitrogens with one attached hydrogen (secondary N) is 2. The summed E-state index contributed by atoms with van der Waals surface area (Å²) < 4.78 is 16.5. The molecular weight excluding hydrogens is 376 g/mol. The molecule has 2 N–H and O–H groups in total. The maximum absolute atomic E-state index is 12.0. The van der Waals surface area contributed by atoms with E-state index in [1.54, 1.807) is 0 Å². The molecule has 0 unspecified atom stereocenters. The van der Waals surface area contributed by atoms with Gasteiger partial charge >= 0.3 is 12.2 Å². The quantitative estimate of drug-likeness (QED) is 0.489. The van der Waals surface area contributed by atoms with Crippen molar-refractivity contribution >= 4 is 20.5 Å². The van der Waals surface area contributed by atoms with Crippen LogP contribution in [0.15, 0.2) is 0 Å². The van der Waals surface area contributed by atoms with E-state index in [0.29, 0.717) is 6.61 Å². The Morgan fingerprint density at radius 1 is 0.857 bits per heavy atom. The fourth-order valence-corrected chi connectivity index (χ4v) is 3.74. The molecular formula is C20H40N2O5Si. The second-order valence-corrected chi connectivity index (χ2v) is 14.9. The van der Waals surface area contributed by atoms with Gasteiger partial charge in [-0.05, 0) is 64.6 Å². The Balaban J connectivity index is 2.21. The first kappa shape index (κ1) is 24.8. The molecule has 28 heavy (non-hydrogen) atoms. The van der Waals surface area contributed by atoms with Gasteiger partial charge in [-0.25, -0.2) is 9.59 Å². The highest BCUT2D eigenvalue weighted by Crippen LogP contribution is 2.36. The summed E-state index contributed by atoms with van der Waals surface area (Å²) in [5.41, 5.74) is -0.499. The molecule has 7 nitrogen and oxygen atoms in total. The summed E-state index contributed by atoms with van der Waals surface area (Å²) in [6.45, 7) is 17.1. The topological polar surface area (TPSA) is 85.9 Å². The predicted octanol–water partition coefficient (Wildman–Crippen LogP) is 4.57. The lowest BCUT2D eigenvalue weighted by atomic mass is 9.91. The predicted molar refractivity (Wildman–Crippen MR) is 113 cm³/mol. The van der Waals surface area contributed by atoms with Gasteiger partial charge in [0.05, 0.1) is 6.61 Å². The Bertz CT molecular complexity index is 518. The van der Waals surface area contributed by atoms with Gasteiger partial charge in [0.25, 0.3) is 0 Å². The summed E-state index contributed by atoms with van der Waals surface area (Å²) in [5.74, 6) is 0. The van der Waals surface area contributed by atoms with Gasteiger partial charge in [0, 0.05) is 12.1 Å². The Morgan fingerprint density at radius 3 is 1.75 bits per heavy atom. The summed E-state index contributed by atoms with van der Waals surface area (Å²) in [6.07, 6.45) is 2.43. The van der Waals surface area contributed by atoms with Gasteiger partial charge in [0.2, 0.25) is 0 Å². The molecule has 1 saturated carbocycles. The van der Waals surface area contributed by atoms with Crippen molar-refractivity contribution in [1.29, 1.82) is 0 Å². The number of amides is 2. The Morgan fingerprint density at radius 2 is 1.32 bits per heavy atom. The van der Waals surface area contributed by atoms with E-state index in [0.717, 1.165) is 25.7 Å². The first-order valence-electron chi connectivity index (χ1n) is 10.3. The monoisotopic (exact) mass is 416 g/mol. The van der Waals surface area contributed by atoms with Crippen LogP contribution in [0.2, 0.25) is 18.1 Å². The van der Waals surface area contributed by atoms with E-state index in [1.165, 1.54) is 0 Å². The summed E-state index contributed by atoms with van der Waals surface area (Å²) in [7, 11) is -1.81. The number of alkyl carbamates (subject to hydrolysis) is 2. The zero-order chi connectivity index (χ0) is 21.6. The smallest absolute Gasteiger partial charge is 0.407 e. The maximum atomic E-state index is 12.0. The highest BCUT2D eigenvalue weighted by molar-refractivity contribution is 6.74. The molecule has 8 heteroatoms. The lowest BCUT2D eigenvalue weighted by Crippen LogP contribution is -2.45. The molecule has 0 aromatic carbocycles. The molecule has 0 heterocycles. The maximum Gasteiger partial charge on any atom is 0.407 e. The highest BCUT2D eigenvalue weighted by Gasteiger charge is 2.37. The van der Waals surface area contributed by atoms with E-state index in [4.69, 9.17) is 13.9 Å². The van der Waals surface area contributed by atoms with Gasteiger partial charge in [0.1, 0.15) is 12.2 Å². The highest BCUT2D eigenvalue weighted by atomic mass is 28.4. The molecule has 0 saturated heterocycles. The Hall–Kier alpha value is -1.28. The number of ether oxygens (including phenoxy) is 2. The van der Waals surface area contributed by atoms with Crippen molar-refractivity contribution in [3.63, 3.8) is 0 Å². The van der Waals surface area contributed by atoms with Gasteiger partial charge in [0.15, 0.2) is 8.32 Å². The van der Waals surface area contributed by atoms with Crippen LogP contribution in [0.4, 0.5) is 9.59 Å². The van der Waals surface area contributed by atoms with Crippen LogP contribution in [0.25, 0.3) is 0 Å². The summed E-state index contributed by atoms with van der Waals surface area (Å²) >= 11 is 0. The van der Waals surface area contributed by atoms with E-state index < -0.39 is 20.0 Å². The van der Waals surface area contributed by atoms with Crippen LogP contribution in [0, 0.1) is 0 Å². The molecule has 1 fully saturated rings. The SMILES string of the molecule is CC(C)(C)OC(=O)NC1CCC(NC(=O)OCCO[Si](C)(C)C(C)(C)C)CC1. The van der Waals surface area contributed by atoms with Crippen molar-refractivity contribution in [2.24, 2.45) is 0 Å². The minimum atomic E-state index is -1.81. The van der Waals surface area contributed by atoms with Crippen LogP contribution in [-0.2, 0) is 13.9 Å². The molecule has 0 bridgehead atoms. The fourth-order valence-electron chi connectivity index (χ4n) is 2.71. The van der Waals surface area contributed by atoms with Crippen LogP contribution in [0.1, 0.15) is 67.2 Å². The van der Waals surface area contributed by atoms with Crippen molar-refractivity contribution < 1.29 is 23.5 Å². The van der Waals surface area contributed by atoms with Gasteiger partial charge in [-0.15, -0.1) is 0 Å². The van der Waals surface area contributed by atoms with Crippen molar-refractivity contribution in [2.45, 2.75) is 103 Å². The van der Waals surface area contributed by atoms with Crippen LogP contribution in [-0.4, -0.2) is 51.4 Å². The van der Waals surface area contributed by atoms with E-state index in [1.807, 2.05) is 20.8 Å². The third kappa shape index (κ3) is 9.27. The lowest BCUT2D eigenvalue weighted by molar-refractivity contribution is 0.0488. The molecule has 1 rings (SSSR count). The number of carbonyl (C=O) groups excluding carboxylic acids is 2. The first-order valence-corrected chi connectivity index (χ1v) is 13.2. The number of rotatable bonds is 6. The third-order valence-corrected chi connectivity index (χ3v) is 9.89. The molecule has 1 aliphatic rings. The molecule has 0 aromatic heterocycles. The molecule has 164 valence electrons. The normalized spacial score (nSPS) is 21.0. The zero-order valence-electron chi connectivity index (χ0n) is 18.9. The van der Waals surface area contributed by atoms with E-state index in [-0.39, 0.29) is 29.8 Å². The van der Waals surface area contributed by atoms with Crippen LogP contribution in [0.3, 0.4) is 0 Å². The average molecular weight is 417 g/mol. The molecule has 2 amide bonds. The van der Waals surface area contributed by atoms with Crippen LogP contribution < -0.4 is 10.6 Å². The van der Waals surface area contributed by atoms with Crippen molar-refractivity contribution in [3.8, 4) is 0 Å². The molecule has 0 aromatic rings. The fraction of sp³-hybridized carbons (Fsp3) is 0.900.